The van der Waals surface area contributed by atoms with E-state index in [0.29, 0.717) is 24.0 Å². The Morgan fingerprint density at radius 2 is 2.07 bits per heavy atom. The molecule has 0 fully saturated rings. The van der Waals surface area contributed by atoms with Gasteiger partial charge in [-0.3, -0.25) is 0 Å². The molecule has 3 heterocycles. The normalized spacial score (nSPS) is 11.3. The van der Waals surface area contributed by atoms with Gasteiger partial charge in [-0.05, 0) is 36.2 Å². The number of fused-ring (bicyclic) bond motifs is 1. The Balaban J connectivity index is 1.41. The number of aromatic amines is 1. The van der Waals surface area contributed by atoms with E-state index in [9.17, 15) is 0 Å². The number of hydrogen-bond donors (Lipinski definition) is 1. The van der Waals surface area contributed by atoms with Crippen LogP contribution in [0.25, 0.3) is 34.0 Å². The Labute approximate surface area is 153 Å². The smallest absolute Gasteiger partial charge is 0.280 e. The van der Waals surface area contributed by atoms with Gasteiger partial charge in [0.1, 0.15) is 0 Å². The fourth-order valence-corrected chi connectivity index (χ4v) is 2.96. The van der Waals surface area contributed by atoms with Crippen LogP contribution < -0.4 is 0 Å². The van der Waals surface area contributed by atoms with Gasteiger partial charge in [0.05, 0.1) is 30.1 Å². The molecule has 27 heavy (non-hydrogen) atoms. The van der Waals surface area contributed by atoms with E-state index in [0.717, 1.165) is 16.6 Å². The molecule has 5 rings (SSSR count). The molecule has 1 N–H and O–H groups in total. The highest BCUT2D eigenvalue weighted by molar-refractivity contribution is 5.80. The molecule has 0 aliphatic rings. The molecule has 0 saturated heterocycles. The summed E-state index contributed by atoms with van der Waals surface area (Å²) >= 11 is 0. The van der Waals surface area contributed by atoms with Crippen LogP contribution in [-0.4, -0.2) is 35.1 Å². The van der Waals surface area contributed by atoms with Crippen molar-refractivity contribution in [3.8, 4) is 23.0 Å². The van der Waals surface area contributed by atoms with Crippen LogP contribution in [-0.2, 0) is 6.54 Å². The Bertz CT molecular complexity index is 1230. The van der Waals surface area contributed by atoms with E-state index < -0.39 is 0 Å². The van der Waals surface area contributed by atoms with Crippen molar-refractivity contribution >= 4 is 11.0 Å². The molecule has 0 spiro atoms. The van der Waals surface area contributed by atoms with Crippen LogP contribution in [0.5, 0.6) is 0 Å². The van der Waals surface area contributed by atoms with E-state index in [1.54, 1.807) is 11.0 Å². The zero-order valence-corrected chi connectivity index (χ0v) is 14.5. The Morgan fingerprint density at radius 1 is 1.15 bits per heavy atom. The van der Waals surface area contributed by atoms with Gasteiger partial charge in [0.25, 0.3) is 5.89 Å². The number of hydrogen-bond acceptors (Lipinski definition) is 6. The van der Waals surface area contributed by atoms with Gasteiger partial charge in [-0.15, -0.1) is 5.10 Å². The van der Waals surface area contributed by atoms with Gasteiger partial charge >= 0.3 is 0 Å². The molecule has 0 aliphatic heterocycles. The average Bonchev–Trinajstić information content (AvgIpc) is 3.43. The quantitative estimate of drug-likeness (QED) is 0.530. The largest absolute Gasteiger partial charge is 0.345 e. The van der Waals surface area contributed by atoms with Crippen LogP contribution >= 0.6 is 0 Å². The summed E-state index contributed by atoms with van der Waals surface area (Å²) in [5, 5.41) is 12.4. The lowest BCUT2D eigenvalue weighted by molar-refractivity contribution is 0.431. The first-order chi connectivity index (χ1) is 13.3. The van der Waals surface area contributed by atoms with Gasteiger partial charge in [0.2, 0.25) is 5.82 Å². The third-order valence-electron chi connectivity index (χ3n) is 4.46. The van der Waals surface area contributed by atoms with Crippen LogP contribution in [0.15, 0.2) is 59.5 Å². The molecule has 0 unspecified atom stereocenters. The topological polar surface area (TPSA) is 98.3 Å². The molecule has 2 aromatic carbocycles. The number of aryl methyl sites for hydroxylation is 1. The molecule has 8 heteroatoms. The Morgan fingerprint density at radius 3 is 3.00 bits per heavy atom. The fourth-order valence-electron chi connectivity index (χ4n) is 2.96. The van der Waals surface area contributed by atoms with E-state index in [2.05, 4.69) is 49.5 Å². The second-order valence-corrected chi connectivity index (χ2v) is 6.29. The second kappa shape index (κ2) is 6.17. The summed E-state index contributed by atoms with van der Waals surface area (Å²) in [4.78, 5) is 11.7. The maximum absolute atomic E-state index is 5.38. The van der Waals surface area contributed by atoms with Crippen molar-refractivity contribution < 1.29 is 4.52 Å². The molecule has 132 valence electrons. The molecule has 0 atom stereocenters. The first-order valence-electron chi connectivity index (χ1n) is 8.48. The summed E-state index contributed by atoms with van der Waals surface area (Å²) in [5.41, 5.74) is 5.60. The monoisotopic (exact) mass is 357 g/mol. The maximum Gasteiger partial charge on any atom is 0.280 e. The molecule has 0 radical (unpaired) electrons. The van der Waals surface area contributed by atoms with Crippen LogP contribution in [0.3, 0.4) is 0 Å². The van der Waals surface area contributed by atoms with Crippen molar-refractivity contribution in [1.82, 2.24) is 35.1 Å². The van der Waals surface area contributed by atoms with E-state index in [1.165, 1.54) is 11.1 Å². The van der Waals surface area contributed by atoms with Crippen molar-refractivity contribution in [2.75, 3.05) is 0 Å². The van der Waals surface area contributed by atoms with E-state index in [4.69, 9.17) is 4.52 Å². The van der Waals surface area contributed by atoms with Crippen molar-refractivity contribution in [2.24, 2.45) is 0 Å². The minimum Gasteiger partial charge on any atom is -0.345 e. The summed E-state index contributed by atoms with van der Waals surface area (Å²) in [6, 6.07) is 13.9. The van der Waals surface area contributed by atoms with E-state index in [1.807, 2.05) is 36.5 Å². The molecular weight excluding hydrogens is 342 g/mol. The van der Waals surface area contributed by atoms with Crippen molar-refractivity contribution in [2.45, 2.75) is 13.5 Å². The zero-order valence-electron chi connectivity index (χ0n) is 14.5. The Kier molecular flexibility index (Phi) is 3.53. The van der Waals surface area contributed by atoms with Gasteiger partial charge in [-0.2, -0.15) is 4.98 Å². The minimum absolute atomic E-state index is 0.339. The van der Waals surface area contributed by atoms with Crippen molar-refractivity contribution in [3.05, 3.63) is 66.1 Å². The summed E-state index contributed by atoms with van der Waals surface area (Å²) in [6.45, 7) is 2.71. The number of aromatic nitrogens is 7. The number of H-pyrrole nitrogens is 1. The molecule has 0 aliphatic carbocycles. The molecule has 0 bridgehead atoms. The fraction of sp³-hybridized carbons (Fsp3) is 0.105. The van der Waals surface area contributed by atoms with Crippen molar-refractivity contribution in [3.63, 3.8) is 0 Å². The third-order valence-corrected chi connectivity index (χ3v) is 4.46. The molecule has 0 amide bonds. The van der Waals surface area contributed by atoms with Gasteiger partial charge in [-0.1, -0.05) is 34.6 Å². The number of imidazole rings is 1. The molecule has 3 aromatic heterocycles. The predicted octanol–water partition coefficient (Wildman–Crippen LogP) is 3.23. The lowest BCUT2D eigenvalue weighted by Gasteiger charge is -2.03. The minimum atomic E-state index is 0.339. The third kappa shape index (κ3) is 2.86. The zero-order chi connectivity index (χ0) is 18.2. The number of nitrogens with one attached hydrogen (secondary N) is 1. The molecule has 0 saturated carbocycles. The highest BCUT2D eigenvalue weighted by Crippen LogP contribution is 2.23. The molecule has 8 nitrogen and oxygen atoms in total. The van der Waals surface area contributed by atoms with Gasteiger partial charge in [0, 0.05) is 5.56 Å². The highest BCUT2D eigenvalue weighted by atomic mass is 16.5. The molecule has 5 aromatic rings. The maximum atomic E-state index is 5.38. The van der Waals surface area contributed by atoms with Crippen LogP contribution in [0, 0.1) is 6.92 Å². The summed E-state index contributed by atoms with van der Waals surface area (Å²) in [6.07, 6.45) is 3.46. The van der Waals surface area contributed by atoms with Gasteiger partial charge in [0.15, 0.2) is 5.69 Å². The van der Waals surface area contributed by atoms with E-state index in [-0.39, 0.29) is 0 Å². The predicted molar refractivity (Wildman–Crippen MR) is 98.7 cm³/mol. The number of rotatable bonds is 4. The Hall–Kier alpha value is -3.81. The lowest BCUT2D eigenvalue weighted by Crippen LogP contribution is -2.01. The standard InChI is InChI=1S/C19H15N7O/c1-12-4-2-3-5-14(12)9-26-10-17(23-25-26)19-22-18(24-27-19)13-6-7-15-16(8-13)21-11-20-15/h2-8,10-11H,9H2,1H3,(H,20,21). The lowest BCUT2D eigenvalue weighted by atomic mass is 10.1. The van der Waals surface area contributed by atoms with Crippen LogP contribution in [0.2, 0.25) is 0 Å². The summed E-state index contributed by atoms with van der Waals surface area (Å²) in [5.74, 6) is 0.834. The van der Waals surface area contributed by atoms with Crippen LogP contribution in [0.1, 0.15) is 11.1 Å². The summed E-state index contributed by atoms with van der Waals surface area (Å²) < 4.78 is 7.15. The van der Waals surface area contributed by atoms with Gasteiger partial charge < -0.3 is 9.51 Å². The highest BCUT2D eigenvalue weighted by Gasteiger charge is 2.15. The number of benzene rings is 2. The van der Waals surface area contributed by atoms with Crippen LogP contribution in [0.4, 0.5) is 0 Å². The number of nitrogens with zero attached hydrogens (tertiary/aromatic N) is 6. The van der Waals surface area contributed by atoms with Crippen molar-refractivity contribution in [1.29, 1.82) is 0 Å². The summed E-state index contributed by atoms with van der Waals surface area (Å²) in [7, 11) is 0. The first-order valence-corrected chi connectivity index (χ1v) is 8.48. The SMILES string of the molecule is Cc1ccccc1Cn1cc(-c2nc(-c3ccc4nc[nH]c4c3)no2)nn1. The molecular formula is C19H15N7O. The second-order valence-electron chi connectivity index (χ2n) is 6.29. The van der Waals surface area contributed by atoms with Gasteiger partial charge in [-0.25, -0.2) is 9.67 Å². The first kappa shape index (κ1) is 15.4. The van der Waals surface area contributed by atoms with E-state index >= 15 is 0 Å². The average molecular weight is 357 g/mol.